The lowest BCUT2D eigenvalue weighted by atomic mass is 9.79. The molecule has 0 atom stereocenters. The number of nitrogens with zero attached hydrogens (tertiary/aromatic N) is 1. The predicted molar refractivity (Wildman–Crippen MR) is 82.1 cm³/mol. The quantitative estimate of drug-likeness (QED) is 0.387. The summed E-state index contributed by atoms with van der Waals surface area (Å²) in [6, 6.07) is 11.5. The Labute approximate surface area is 122 Å². The monoisotopic (exact) mass is 289 g/mol. The van der Waals surface area contributed by atoms with Gasteiger partial charge in [-0.1, -0.05) is 73.9 Å². The van der Waals surface area contributed by atoms with Crippen molar-refractivity contribution in [2.75, 3.05) is 0 Å². The van der Waals surface area contributed by atoms with Crippen LogP contribution in [-0.4, -0.2) is 16.2 Å². The van der Waals surface area contributed by atoms with Gasteiger partial charge in [0, 0.05) is 5.56 Å². The number of Topliss-reactive ketones (excluding diaryl/α,β-unsaturated/α-hetero) is 1. The molecule has 0 saturated carbocycles. The number of carbonyl (C=O) groups is 1. The van der Waals surface area contributed by atoms with Crippen LogP contribution in [0.3, 0.4) is 0 Å². The molecule has 3 nitrogen and oxygen atoms in total. The van der Waals surface area contributed by atoms with Gasteiger partial charge in [-0.15, -0.1) is 0 Å². The van der Waals surface area contributed by atoms with Gasteiger partial charge < -0.3 is 5.21 Å². The number of hydrogen-bond acceptors (Lipinski definition) is 3. The summed E-state index contributed by atoms with van der Waals surface area (Å²) in [5, 5.41) is 13.2. The zero-order valence-electron chi connectivity index (χ0n) is 11.6. The fourth-order valence-corrected chi connectivity index (χ4v) is 2.53. The summed E-state index contributed by atoms with van der Waals surface area (Å²) >= 11 is 5.67. The van der Waals surface area contributed by atoms with Crippen LogP contribution in [0.4, 0.5) is 0 Å². The van der Waals surface area contributed by atoms with Crippen molar-refractivity contribution in [1.82, 2.24) is 0 Å². The van der Waals surface area contributed by atoms with Crippen LogP contribution in [-0.2, 0) is 5.41 Å². The Kier molecular flexibility index (Phi) is 3.82. The zero-order chi connectivity index (χ0) is 14.9. The van der Waals surface area contributed by atoms with Crippen LogP contribution in [0.1, 0.15) is 36.7 Å². The number of carbonyl (C=O) groups excluding carboxylic acids is 1. The molecule has 4 heteroatoms. The molecule has 0 unspecified atom stereocenters. The van der Waals surface area contributed by atoms with E-state index in [0.717, 1.165) is 16.3 Å². The van der Waals surface area contributed by atoms with Crippen molar-refractivity contribution in [3.05, 3.63) is 47.5 Å². The van der Waals surface area contributed by atoms with Crippen molar-refractivity contribution in [2.24, 2.45) is 5.16 Å². The Morgan fingerprint density at radius 2 is 1.80 bits per heavy atom. The van der Waals surface area contributed by atoms with Crippen molar-refractivity contribution < 1.29 is 10.0 Å². The Balaban J connectivity index is 2.82. The zero-order valence-corrected chi connectivity index (χ0v) is 12.4. The third-order valence-electron chi connectivity index (χ3n) is 3.20. The molecule has 2 rings (SSSR count). The van der Waals surface area contributed by atoms with E-state index in [1.807, 2.05) is 51.1 Å². The molecule has 0 aliphatic heterocycles. The summed E-state index contributed by atoms with van der Waals surface area (Å²) in [6.07, 6.45) is 0. The van der Waals surface area contributed by atoms with Gasteiger partial charge in [0.05, 0.1) is 0 Å². The fourth-order valence-electron chi connectivity index (χ4n) is 2.43. The molecule has 0 fully saturated rings. The third-order valence-corrected chi connectivity index (χ3v) is 3.45. The molecule has 0 saturated heterocycles. The van der Waals surface area contributed by atoms with Gasteiger partial charge in [0.15, 0.2) is 0 Å². The average Bonchev–Trinajstić information content (AvgIpc) is 2.43. The summed E-state index contributed by atoms with van der Waals surface area (Å²) in [4.78, 5) is 12.3. The first-order valence-electron chi connectivity index (χ1n) is 6.30. The average molecular weight is 290 g/mol. The highest BCUT2D eigenvalue weighted by Crippen LogP contribution is 2.33. The lowest BCUT2D eigenvalue weighted by molar-refractivity contribution is 0.106. The molecule has 0 aromatic heterocycles. The summed E-state index contributed by atoms with van der Waals surface area (Å²) in [5.41, 5.74) is 1.14. The Morgan fingerprint density at radius 3 is 2.40 bits per heavy atom. The van der Waals surface area contributed by atoms with E-state index >= 15 is 0 Å². The summed E-state index contributed by atoms with van der Waals surface area (Å²) in [7, 11) is 0. The maximum absolute atomic E-state index is 12.3. The molecule has 0 spiro atoms. The van der Waals surface area contributed by atoms with Gasteiger partial charge in [0.2, 0.25) is 11.0 Å². The summed E-state index contributed by atoms with van der Waals surface area (Å²) < 4.78 is 0. The summed E-state index contributed by atoms with van der Waals surface area (Å²) in [5.74, 6) is -0.468. The molecule has 2 aromatic rings. The molecule has 20 heavy (non-hydrogen) atoms. The Bertz CT molecular complexity index is 699. The third kappa shape index (κ3) is 2.54. The topological polar surface area (TPSA) is 49.7 Å². The van der Waals surface area contributed by atoms with Crippen LogP contribution < -0.4 is 0 Å². The first kappa shape index (κ1) is 14.5. The molecular formula is C16H16ClNO2. The van der Waals surface area contributed by atoms with Crippen molar-refractivity contribution in [3.8, 4) is 0 Å². The molecule has 0 aliphatic rings. The first-order valence-corrected chi connectivity index (χ1v) is 6.68. The highest BCUT2D eigenvalue weighted by Gasteiger charge is 2.26. The van der Waals surface area contributed by atoms with E-state index in [9.17, 15) is 4.79 Å². The predicted octanol–water partition coefficient (Wildman–Crippen LogP) is 4.35. The van der Waals surface area contributed by atoms with E-state index in [1.54, 1.807) is 6.07 Å². The molecular weight excluding hydrogens is 274 g/mol. The highest BCUT2D eigenvalue weighted by molar-refractivity contribution is 6.84. The minimum Gasteiger partial charge on any atom is -0.410 e. The van der Waals surface area contributed by atoms with Crippen LogP contribution in [0, 0.1) is 0 Å². The van der Waals surface area contributed by atoms with Gasteiger partial charge >= 0.3 is 0 Å². The number of rotatable bonds is 2. The number of hydrogen-bond donors (Lipinski definition) is 1. The lowest BCUT2D eigenvalue weighted by Crippen LogP contribution is -2.20. The maximum Gasteiger partial charge on any atom is 0.226 e. The van der Waals surface area contributed by atoms with Crippen molar-refractivity contribution in [2.45, 2.75) is 26.2 Å². The van der Waals surface area contributed by atoms with Crippen LogP contribution in [0.25, 0.3) is 10.8 Å². The van der Waals surface area contributed by atoms with Gasteiger partial charge in [0.25, 0.3) is 0 Å². The SMILES string of the molecule is CC(C)(C)c1c(C(=O)C(Cl)=NO)ccc2ccccc12. The molecule has 0 bridgehead atoms. The molecule has 2 aromatic carbocycles. The fraction of sp³-hybridized carbons (Fsp3) is 0.250. The van der Waals surface area contributed by atoms with E-state index in [-0.39, 0.29) is 5.41 Å². The second-order valence-electron chi connectivity index (χ2n) is 5.68. The second-order valence-corrected chi connectivity index (χ2v) is 6.04. The van der Waals surface area contributed by atoms with Crippen molar-refractivity contribution in [3.63, 3.8) is 0 Å². The maximum atomic E-state index is 12.3. The van der Waals surface area contributed by atoms with E-state index in [4.69, 9.17) is 16.8 Å². The first-order chi connectivity index (χ1) is 9.36. The number of halogens is 1. The molecule has 0 heterocycles. The van der Waals surface area contributed by atoms with E-state index in [1.165, 1.54) is 0 Å². The Hall–Kier alpha value is -1.87. The lowest BCUT2D eigenvalue weighted by Gasteiger charge is -2.24. The minimum absolute atomic E-state index is 0.238. The van der Waals surface area contributed by atoms with Crippen LogP contribution >= 0.6 is 11.6 Å². The van der Waals surface area contributed by atoms with Crippen LogP contribution in [0.5, 0.6) is 0 Å². The second kappa shape index (κ2) is 5.25. The number of oxime groups is 1. The van der Waals surface area contributed by atoms with E-state index < -0.39 is 11.0 Å². The standard InChI is InChI=1S/C16H16ClNO2/c1-16(2,3)13-11-7-5-4-6-10(11)8-9-12(13)14(19)15(17)18-20/h4-9,20H,1-3H3. The van der Waals surface area contributed by atoms with E-state index in [2.05, 4.69) is 5.16 Å². The molecule has 0 radical (unpaired) electrons. The van der Waals surface area contributed by atoms with Gasteiger partial charge in [-0.05, 0) is 21.8 Å². The van der Waals surface area contributed by atoms with Gasteiger partial charge in [-0.2, -0.15) is 0 Å². The van der Waals surface area contributed by atoms with Crippen LogP contribution in [0.2, 0.25) is 0 Å². The van der Waals surface area contributed by atoms with Crippen molar-refractivity contribution in [1.29, 1.82) is 0 Å². The summed E-state index contributed by atoms with van der Waals surface area (Å²) in [6.45, 7) is 6.11. The number of ketones is 1. The van der Waals surface area contributed by atoms with Crippen molar-refractivity contribution >= 4 is 33.3 Å². The highest BCUT2D eigenvalue weighted by atomic mass is 35.5. The molecule has 0 amide bonds. The molecule has 104 valence electrons. The van der Waals surface area contributed by atoms with Gasteiger partial charge in [0.1, 0.15) is 0 Å². The molecule has 0 aliphatic carbocycles. The Morgan fingerprint density at radius 1 is 1.15 bits per heavy atom. The normalized spacial score (nSPS) is 12.7. The number of fused-ring (bicyclic) bond motifs is 1. The molecule has 1 N–H and O–H groups in total. The minimum atomic E-state index is -0.468. The van der Waals surface area contributed by atoms with Crippen LogP contribution in [0.15, 0.2) is 41.6 Å². The largest absolute Gasteiger partial charge is 0.410 e. The van der Waals surface area contributed by atoms with Gasteiger partial charge in [-0.3, -0.25) is 4.79 Å². The smallest absolute Gasteiger partial charge is 0.226 e. The van der Waals surface area contributed by atoms with Gasteiger partial charge in [-0.25, -0.2) is 0 Å². The van der Waals surface area contributed by atoms with E-state index in [0.29, 0.717) is 5.56 Å². The number of benzene rings is 2.